The minimum atomic E-state index is 0.0516. The number of ether oxygens (including phenoxy) is 2. The minimum absolute atomic E-state index is 0.0516. The molecule has 1 fully saturated rings. The largest absolute Gasteiger partial charge is 0.496 e. The van der Waals surface area contributed by atoms with Crippen LogP contribution in [0.2, 0.25) is 0 Å². The fraction of sp³-hybridized carbons (Fsp3) is 0.562. The molecule has 1 aliphatic rings. The molecule has 0 radical (unpaired) electrons. The molecule has 5 heteroatoms. The summed E-state index contributed by atoms with van der Waals surface area (Å²) in [5, 5.41) is 3.45. The highest BCUT2D eigenvalue weighted by Crippen LogP contribution is 2.27. The quantitative estimate of drug-likeness (QED) is 0.863. The molecule has 1 amide bonds. The summed E-state index contributed by atoms with van der Waals surface area (Å²) < 4.78 is 10.7. The van der Waals surface area contributed by atoms with Gasteiger partial charge in [-0.05, 0) is 19.5 Å². The first-order valence-electron chi connectivity index (χ1n) is 7.39. The Kier molecular flexibility index (Phi) is 5.59. The maximum absolute atomic E-state index is 11.9. The predicted molar refractivity (Wildman–Crippen MR) is 81.5 cm³/mol. The summed E-state index contributed by atoms with van der Waals surface area (Å²) in [6, 6.07) is 6.20. The van der Waals surface area contributed by atoms with E-state index < -0.39 is 0 Å². The molecule has 1 aliphatic heterocycles. The molecule has 1 saturated heterocycles. The lowest BCUT2D eigenvalue weighted by Gasteiger charge is -2.31. The van der Waals surface area contributed by atoms with E-state index in [1.165, 1.54) is 5.56 Å². The van der Waals surface area contributed by atoms with Crippen molar-refractivity contribution in [2.24, 2.45) is 0 Å². The average molecular weight is 292 g/mol. The first kappa shape index (κ1) is 15.8. The third-order valence-electron chi connectivity index (χ3n) is 3.70. The maximum atomic E-state index is 11.9. The van der Waals surface area contributed by atoms with E-state index >= 15 is 0 Å². The van der Waals surface area contributed by atoms with Gasteiger partial charge in [-0.1, -0.05) is 24.6 Å². The van der Waals surface area contributed by atoms with Crippen LogP contribution in [-0.2, 0) is 9.53 Å². The molecule has 0 bridgehead atoms. The van der Waals surface area contributed by atoms with E-state index in [9.17, 15) is 4.79 Å². The second kappa shape index (κ2) is 7.43. The standard InChI is InChI=1S/C16H24N2O3/c1-4-17-14(10-18-7-8-21-11-16(18)19)13-9-12(2)5-6-15(13)20-3/h5-6,9,14,17H,4,7-8,10-11H2,1-3H3. The number of morpholine rings is 1. The summed E-state index contributed by atoms with van der Waals surface area (Å²) in [4.78, 5) is 13.8. The molecule has 1 aromatic rings. The summed E-state index contributed by atoms with van der Waals surface area (Å²) in [7, 11) is 1.68. The number of nitrogens with zero attached hydrogens (tertiary/aromatic N) is 1. The monoisotopic (exact) mass is 292 g/mol. The Bertz CT molecular complexity index is 490. The molecule has 1 unspecified atom stereocenters. The highest BCUT2D eigenvalue weighted by Gasteiger charge is 2.24. The maximum Gasteiger partial charge on any atom is 0.248 e. The number of hydrogen-bond acceptors (Lipinski definition) is 4. The Morgan fingerprint density at radius 3 is 2.95 bits per heavy atom. The fourth-order valence-electron chi connectivity index (χ4n) is 2.61. The van der Waals surface area contributed by atoms with Crippen LogP contribution in [0.3, 0.4) is 0 Å². The number of rotatable bonds is 6. The van der Waals surface area contributed by atoms with Gasteiger partial charge in [0.15, 0.2) is 0 Å². The molecule has 0 aromatic heterocycles. The molecule has 21 heavy (non-hydrogen) atoms. The van der Waals surface area contributed by atoms with Crippen molar-refractivity contribution < 1.29 is 14.3 Å². The van der Waals surface area contributed by atoms with Crippen LogP contribution >= 0.6 is 0 Å². The molecule has 0 spiro atoms. The molecule has 1 heterocycles. The van der Waals surface area contributed by atoms with Crippen LogP contribution in [0.15, 0.2) is 18.2 Å². The third kappa shape index (κ3) is 3.95. The van der Waals surface area contributed by atoms with Crippen molar-refractivity contribution in [3.8, 4) is 5.75 Å². The Hall–Kier alpha value is -1.59. The van der Waals surface area contributed by atoms with Crippen LogP contribution < -0.4 is 10.1 Å². The van der Waals surface area contributed by atoms with Crippen LogP contribution in [0.25, 0.3) is 0 Å². The average Bonchev–Trinajstić information content (AvgIpc) is 2.49. The van der Waals surface area contributed by atoms with Gasteiger partial charge >= 0.3 is 0 Å². The lowest BCUT2D eigenvalue weighted by atomic mass is 10.0. The lowest BCUT2D eigenvalue weighted by molar-refractivity contribution is -0.143. The van der Waals surface area contributed by atoms with Crippen LogP contribution in [-0.4, -0.2) is 50.8 Å². The molecular weight excluding hydrogens is 268 g/mol. The van der Waals surface area contributed by atoms with Gasteiger partial charge in [0.25, 0.3) is 0 Å². The Labute approximate surface area is 126 Å². The highest BCUT2D eigenvalue weighted by atomic mass is 16.5. The van der Waals surface area contributed by atoms with Gasteiger partial charge in [-0.2, -0.15) is 0 Å². The van der Waals surface area contributed by atoms with Gasteiger partial charge < -0.3 is 19.7 Å². The lowest BCUT2D eigenvalue weighted by Crippen LogP contribution is -2.45. The molecule has 1 aromatic carbocycles. The number of hydrogen-bond donors (Lipinski definition) is 1. The normalized spacial score (nSPS) is 16.9. The molecule has 2 rings (SSSR count). The summed E-state index contributed by atoms with van der Waals surface area (Å²) in [5.41, 5.74) is 2.28. The van der Waals surface area contributed by atoms with Gasteiger partial charge in [0.1, 0.15) is 12.4 Å². The van der Waals surface area contributed by atoms with Crippen molar-refractivity contribution >= 4 is 5.91 Å². The molecule has 1 atom stereocenters. The number of carbonyl (C=O) groups excluding carboxylic acids is 1. The fourth-order valence-corrected chi connectivity index (χ4v) is 2.61. The smallest absolute Gasteiger partial charge is 0.248 e. The predicted octanol–water partition coefficient (Wildman–Crippen LogP) is 1.51. The molecule has 116 valence electrons. The van der Waals surface area contributed by atoms with Crippen LogP contribution in [0.4, 0.5) is 0 Å². The van der Waals surface area contributed by atoms with Gasteiger partial charge in [-0.15, -0.1) is 0 Å². The Morgan fingerprint density at radius 1 is 1.48 bits per heavy atom. The second-order valence-corrected chi connectivity index (χ2v) is 5.25. The van der Waals surface area contributed by atoms with Gasteiger partial charge in [-0.25, -0.2) is 0 Å². The van der Waals surface area contributed by atoms with Crippen LogP contribution in [0.1, 0.15) is 24.1 Å². The van der Waals surface area contributed by atoms with Crippen LogP contribution in [0.5, 0.6) is 5.75 Å². The van der Waals surface area contributed by atoms with Crippen molar-refractivity contribution in [2.45, 2.75) is 19.9 Å². The minimum Gasteiger partial charge on any atom is -0.496 e. The van der Waals surface area contributed by atoms with E-state index in [0.717, 1.165) is 17.9 Å². The number of likely N-dealkylation sites (N-methyl/N-ethyl adjacent to an activating group) is 1. The number of aryl methyl sites for hydroxylation is 1. The van der Waals surface area contributed by atoms with Crippen molar-refractivity contribution in [3.05, 3.63) is 29.3 Å². The zero-order valence-electron chi connectivity index (χ0n) is 13.0. The molecule has 0 aliphatic carbocycles. The Morgan fingerprint density at radius 2 is 2.29 bits per heavy atom. The first-order valence-corrected chi connectivity index (χ1v) is 7.39. The summed E-state index contributed by atoms with van der Waals surface area (Å²) >= 11 is 0. The molecule has 1 N–H and O–H groups in total. The van der Waals surface area contributed by atoms with Gasteiger partial charge in [-0.3, -0.25) is 4.79 Å². The molecular formula is C16H24N2O3. The number of nitrogens with one attached hydrogen (secondary N) is 1. The van der Waals surface area contributed by atoms with Crippen molar-refractivity contribution in [3.63, 3.8) is 0 Å². The van der Waals surface area contributed by atoms with Crippen molar-refractivity contribution in [1.29, 1.82) is 0 Å². The van der Waals surface area contributed by atoms with Gasteiger partial charge in [0, 0.05) is 18.7 Å². The van der Waals surface area contributed by atoms with E-state index in [4.69, 9.17) is 9.47 Å². The SMILES string of the molecule is CCNC(CN1CCOCC1=O)c1cc(C)ccc1OC. The van der Waals surface area contributed by atoms with E-state index in [1.54, 1.807) is 7.11 Å². The van der Waals surface area contributed by atoms with E-state index in [-0.39, 0.29) is 18.6 Å². The zero-order valence-corrected chi connectivity index (χ0v) is 13.0. The second-order valence-electron chi connectivity index (χ2n) is 5.25. The third-order valence-corrected chi connectivity index (χ3v) is 3.70. The van der Waals surface area contributed by atoms with Gasteiger partial charge in [0.2, 0.25) is 5.91 Å². The summed E-state index contributed by atoms with van der Waals surface area (Å²) in [6.45, 7) is 7.03. The molecule has 0 saturated carbocycles. The molecule has 5 nitrogen and oxygen atoms in total. The summed E-state index contributed by atoms with van der Waals surface area (Å²) in [5.74, 6) is 0.906. The zero-order chi connectivity index (χ0) is 15.2. The van der Waals surface area contributed by atoms with E-state index in [1.807, 2.05) is 17.0 Å². The van der Waals surface area contributed by atoms with Gasteiger partial charge in [0.05, 0.1) is 19.8 Å². The number of carbonyl (C=O) groups is 1. The number of benzene rings is 1. The number of methoxy groups -OCH3 is 1. The van der Waals surface area contributed by atoms with E-state index in [2.05, 4.69) is 25.2 Å². The van der Waals surface area contributed by atoms with Crippen molar-refractivity contribution in [1.82, 2.24) is 10.2 Å². The Balaban J connectivity index is 2.21. The highest BCUT2D eigenvalue weighted by molar-refractivity contribution is 5.78. The topological polar surface area (TPSA) is 50.8 Å². The summed E-state index contributed by atoms with van der Waals surface area (Å²) in [6.07, 6.45) is 0. The van der Waals surface area contributed by atoms with Crippen molar-refractivity contribution in [2.75, 3.05) is 40.0 Å². The first-order chi connectivity index (χ1) is 10.2. The van der Waals surface area contributed by atoms with Crippen LogP contribution in [0, 0.1) is 6.92 Å². The van der Waals surface area contributed by atoms with E-state index in [0.29, 0.717) is 19.7 Å². The number of amides is 1.